The summed E-state index contributed by atoms with van der Waals surface area (Å²) in [5.41, 5.74) is 1.33. The lowest BCUT2D eigenvalue weighted by molar-refractivity contribution is 0.514. The Morgan fingerprint density at radius 2 is 1.92 bits per heavy atom. The van der Waals surface area contributed by atoms with Gasteiger partial charge in [0.05, 0.1) is 6.26 Å². The smallest absolute Gasteiger partial charge is 0.103 e. The van der Waals surface area contributed by atoms with Gasteiger partial charge in [0.2, 0.25) is 0 Å². The summed E-state index contributed by atoms with van der Waals surface area (Å²) in [6.45, 7) is 8.28. The molecular weight excluding hydrogens is 148 g/mol. The van der Waals surface area contributed by atoms with Crippen LogP contribution in [0.1, 0.15) is 45.4 Å². The van der Waals surface area contributed by atoms with Gasteiger partial charge in [-0.15, -0.1) is 0 Å². The monoisotopic (exact) mass is 168 g/mol. The van der Waals surface area contributed by atoms with Crippen molar-refractivity contribution in [1.29, 1.82) is 0 Å². The Labute approximate surface area is 75.8 Å². The van der Waals surface area contributed by atoms with E-state index in [1.165, 1.54) is 12.0 Å². The molecular formula is C11H20O. The van der Waals surface area contributed by atoms with Gasteiger partial charge in [-0.3, -0.25) is 0 Å². The van der Waals surface area contributed by atoms with E-state index >= 15 is 0 Å². The van der Waals surface area contributed by atoms with E-state index in [1.54, 1.807) is 0 Å². The number of aryl methyl sites for hydroxylation is 2. The van der Waals surface area contributed by atoms with E-state index in [1.807, 2.05) is 20.1 Å². The Bertz CT molecular complexity index is 189. The SMILES string of the molecule is CC.CCCc1coc(CC)c1. The molecule has 0 fully saturated rings. The molecule has 0 radical (unpaired) electrons. The van der Waals surface area contributed by atoms with Crippen molar-refractivity contribution >= 4 is 0 Å². The molecule has 1 rings (SSSR count). The second-order valence-electron chi connectivity index (χ2n) is 2.52. The Morgan fingerprint density at radius 3 is 2.33 bits per heavy atom. The van der Waals surface area contributed by atoms with E-state index in [-0.39, 0.29) is 0 Å². The molecule has 70 valence electrons. The third-order valence-electron chi connectivity index (χ3n) is 1.60. The van der Waals surface area contributed by atoms with Gasteiger partial charge in [-0.05, 0) is 18.1 Å². The molecule has 0 atom stereocenters. The van der Waals surface area contributed by atoms with E-state index in [0.29, 0.717) is 0 Å². The summed E-state index contributed by atoms with van der Waals surface area (Å²) in [6, 6.07) is 2.14. The summed E-state index contributed by atoms with van der Waals surface area (Å²) in [4.78, 5) is 0. The first-order valence-electron chi connectivity index (χ1n) is 4.93. The molecule has 0 unspecified atom stereocenters. The zero-order valence-electron chi connectivity index (χ0n) is 8.68. The lowest BCUT2D eigenvalue weighted by Gasteiger charge is -1.85. The lowest BCUT2D eigenvalue weighted by atomic mass is 10.2. The van der Waals surface area contributed by atoms with Crippen molar-refractivity contribution in [2.75, 3.05) is 0 Å². The molecule has 0 amide bonds. The van der Waals surface area contributed by atoms with Gasteiger partial charge in [-0.1, -0.05) is 34.1 Å². The minimum absolute atomic E-state index is 1.00. The molecule has 12 heavy (non-hydrogen) atoms. The number of hydrogen-bond donors (Lipinski definition) is 0. The van der Waals surface area contributed by atoms with Gasteiger partial charge in [0.15, 0.2) is 0 Å². The Morgan fingerprint density at radius 1 is 1.25 bits per heavy atom. The van der Waals surface area contributed by atoms with Crippen LogP contribution in [0.2, 0.25) is 0 Å². The van der Waals surface area contributed by atoms with Gasteiger partial charge in [0.25, 0.3) is 0 Å². The molecule has 0 aromatic carbocycles. The van der Waals surface area contributed by atoms with Crippen LogP contribution in [-0.2, 0) is 12.8 Å². The minimum atomic E-state index is 1.00. The third-order valence-corrected chi connectivity index (χ3v) is 1.60. The van der Waals surface area contributed by atoms with Crippen molar-refractivity contribution in [3.05, 3.63) is 23.7 Å². The molecule has 0 aliphatic heterocycles. The van der Waals surface area contributed by atoms with Crippen LogP contribution in [0.15, 0.2) is 16.7 Å². The summed E-state index contributed by atoms with van der Waals surface area (Å²) in [7, 11) is 0. The average Bonchev–Trinajstić information content (AvgIpc) is 2.57. The molecule has 1 aromatic rings. The van der Waals surface area contributed by atoms with Crippen molar-refractivity contribution in [2.45, 2.75) is 47.0 Å². The summed E-state index contributed by atoms with van der Waals surface area (Å²) in [5.74, 6) is 1.10. The van der Waals surface area contributed by atoms with E-state index < -0.39 is 0 Å². The van der Waals surface area contributed by atoms with Crippen LogP contribution in [0.3, 0.4) is 0 Å². The predicted octanol–water partition coefficient (Wildman–Crippen LogP) is 3.82. The van der Waals surface area contributed by atoms with Crippen molar-refractivity contribution in [1.82, 2.24) is 0 Å². The molecule has 0 aliphatic carbocycles. The average molecular weight is 168 g/mol. The van der Waals surface area contributed by atoms with Gasteiger partial charge in [-0.25, -0.2) is 0 Å². The second kappa shape index (κ2) is 6.96. The normalized spacial score (nSPS) is 9.00. The van der Waals surface area contributed by atoms with E-state index in [9.17, 15) is 0 Å². The van der Waals surface area contributed by atoms with E-state index in [2.05, 4.69) is 19.9 Å². The van der Waals surface area contributed by atoms with Crippen LogP contribution in [0.4, 0.5) is 0 Å². The first-order chi connectivity index (χ1) is 5.86. The standard InChI is InChI=1S/C9H14O.C2H6/c1-3-5-8-6-9(4-2)10-7-8;1-2/h6-7H,3-5H2,1-2H3;1-2H3. The summed E-state index contributed by atoms with van der Waals surface area (Å²) >= 11 is 0. The molecule has 1 heterocycles. The maximum atomic E-state index is 5.27. The Balaban J connectivity index is 0.000000561. The minimum Gasteiger partial charge on any atom is -0.469 e. The predicted molar refractivity (Wildman–Crippen MR) is 53.4 cm³/mol. The quantitative estimate of drug-likeness (QED) is 0.668. The van der Waals surface area contributed by atoms with Gasteiger partial charge in [0.1, 0.15) is 5.76 Å². The van der Waals surface area contributed by atoms with Crippen molar-refractivity contribution in [3.63, 3.8) is 0 Å². The summed E-state index contributed by atoms with van der Waals surface area (Å²) in [5, 5.41) is 0. The van der Waals surface area contributed by atoms with Gasteiger partial charge in [0, 0.05) is 6.42 Å². The van der Waals surface area contributed by atoms with Crippen LogP contribution >= 0.6 is 0 Å². The summed E-state index contributed by atoms with van der Waals surface area (Å²) < 4.78 is 5.27. The van der Waals surface area contributed by atoms with Gasteiger partial charge in [-0.2, -0.15) is 0 Å². The molecule has 0 aliphatic rings. The molecule has 0 saturated heterocycles. The van der Waals surface area contributed by atoms with Gasteiger partial charge < -0.3 is 4.42 Å². The van der Waals surface area contributed by atoms with Crippen molar-refractivity contribution < 1.29 is 4.42 Å². The molecule has 1 aromatic heterocycles. The fraction of sp³-hybridized carbons (Fsp3) is 0.636. The molecule has 0 bridgehead atoms. The Hall–Kier alpha value is -0.720. The lowest BCUT2D eigenvalue weighted by Crippen LogP contribution is -1.76. The van der Waals surface area contributed by atoms with Crippen molar-refractivity contribution in [2.24, 2.45) is 0 Å². The molecule has 0 spiro atoms. The van der Waals surface area contributed by atoms with Crippen LogP contribution < -0.4 is 0 Å². The molecule has 0 N–H and O–H groups in total. The second-order valence-corrected chi connectivity index (χ2v) is 2.52. The highest BCUT2D eigenvalue weighted by Gasteiger charge is 1.96. The fourth-order valence-electron chi connectivity index (χ4n) is 1.03. The van der Waals surface area contributed by atoms with Crippen LogP contribution in [0.25, 0.3) is 0 Å². The molecule has 1 nitrogen and oxygen atoms in total. The Kier molecular flexibility index (Phi) is 6.54. The molecule has 1 heteroatoms. The highest BCUT2D eigenvalue weighted by atomic mass is 16.3. The highest BCUT2D eigenvalue weighted by molar-refractivity contribution is 5.12. The first kappa shape index (κ1) is 11.3. The topological polar surface area (TPSA) is 13.1 Å². The highest BCUT2D eigenvalue weighted by Crippen LogP contribution is 2.09. The van der Waals surface area contributed by atoms with Gasteiger partial charge >= 0.3 is 0 Å². The van der Waals surface area contributed by atoms with Crippen molar-refractivity contribution in [3.8, 4) is 0 Å². The summed E-state index contributed by atoms with van der Waals surface area (Å²) in [6.07, 6.45) is 5.21. The van der Waals surface area contributed by atoms with E-state index in [0.717, 1.165) is 18.6 Å². The van der Waals surface area contributed by atoms with Crippen LogP contribution in [0, 0.1) is 0 Å². The number of rotatable bonds is 3. The molecule has 0 saturated carbocycles. The zero-order valence-corrected chi connectivity index (χ0v) is 8.68. The zero-order chi connectivity index (χ0) is 9.40. The van der Waals surface area contributed by atoms with Crippen LogP contribution in [-0.4, -0.2) is 0 Å². The fourth-order valence-corrected chi connectivity index (χ4v) is 1.03. The maximum Gasteiger partial charge on any atom is 0.103 e. The third kappa shape index (κ3) is 3.61. The van der Waals surface area contributed by atoms with Crippen LogP contribution in [0.5, 0.6) is 0 Å². The largest absolute Gasteiger partial charge is 0.469 e. The number of furan rings is 1. The van der Waals surface area contributed by atoms with E-state index in [4.69, 9.17) is 4.42 Å². The first-order valence-corrected chi connectivity index (χ1v) is 4.93. The number of hydrogen-bond acceptors (Lipinski definition) is 1. The maximum absolute atomic E-state index is 5.27.